The molecule has 2 rings (SSSR count). The molecule has 1 N–H and O–H groups in total. The third-order valence-corrected chi connectivity index (χ3v) is 4.38. The molecule has 0 aliphatic rings. The second-order valence-electron chi connectivity index (χ2n) is 6.38. The number of aryl methyl sites for hydroxylation is 1. The number of phenols is 1. The van der Waals surface area contributed by atoms with E-state index in [0.717, 1.165) is 31.4 Å². The van der Waals surface area contributed by atoms with Gasteiger partial charge in [-0.3, -0.25) is 0 Å². The Morgan fingerprint density at radius 1 is 0.792 bits per heavy atom. The lowest BCUT2D eigenvalue weighted by Crippen LogP contribution is -2.00. The quantitative estimate of drug-likeness (QED) is 0.495. The highest BCUT2D eigenvalue weighted by Gasteiger charge is 2.15. The number of ether oxygens (including phenoxy) is 1. The van der Waals surface area contributed by atoms with Gasteiger partial charge in [-0.1, -0.05) is 63.8 Å². The Balaban J connectivity index is 2.26. The number of benzene rings is 2. The number of hydrogen-bond donors (Lipinski definition) is 1. The third-order valence-electron chi connectivity index (χ3n) is 4.38. The van der Waals surface area contributed by atoms with Crippen molar-refractivity contribution in [2.24, 2.45) is 0 Å². The van der Waals surface area contributed by atoms with Crippen molar-refractivity contribution >= 4 is 0 Å². The minimum absolute atomic E-state index is 0.240. The number of hydrogen-bond acceptors (Lipinski definition) is 2. The highest BCUT2D eigenvalue weighted by Crippen LogP contribution is 2.38. The second-order valence-corrected chi connectivity index (χ2v) is 6.38. The van der Waals surface area contributed by atoms with Crippen molar-refractivity contribution in [3.8, 4) is 17.2 Å². The Morgan fingerprint density at radius 2 is 1.54 bits per heavy atom. The largest absolute Gasteiger partial charge is 0.504 e. The van der Waals surface area contributed by atoms with E-state index in [4.69, 9.17) is 4.74 Å². The van der Waals surface area contributed by atoms with Gasteiger partial charge in [0.25, 0.3) is 0 Å². The molecule has 0 radical (unpaired) electrons. The van der Waals surface area contributed by atoms with Crippen LogP contribution in [0.15, 0.2) is 42.5 Å². The molecular formula is C22H30O2. The molecule has 0 spiro atoms. The first-order chi connectivity index (χ1) is 11.8. The maximum Gasteiger partial charge on any atom is 0.172 e. The molecule has 2 nitrogen and oxygen atoms in total. The number of unbranched alkanes of at least 4 members (excludes halogenated alkanes) is 4. The fraction of sp³-hybridized carbons (Fsp3) is 0.455. The third kappa shape index (κ3) is 5.30. The van der Waals surface area contributed by atoms with Gasteiger partial charge >= 0.3 is 0 Å². The molecule has 24 heavy (non-hydrogen) atoms. The molecule has 2 aromatic rings. The van der Waals surface area contributed by atoms with E-state index >= 15 is 0 Å². The van der Waals surface area contributed by atoms with Gasteiger partial charge in [-0.15, -0.1) is 0 Å². The molecule has 0 bridgehead atoms. The Kier molecular flexibility index (Phi) is 7.67. The van der Waals surface area contributed by atoms with E-state index in [1.165, 1.54) is 36.8 Å². The van der Waals surface area contributed by atoms with E-state index < -0.39 is 0 Å². The van der Waals surface area contributed by atoms with E-state index in [0.29, 0.717) is 5.75 Å². The molecule has 0 heterocycles. The van der Waals surface area contributed by atoms with Crippen molar-refractivity contribution in [2.45, 2.75) is 65.2 Å². The van der Waals surface area contributed by atoms with Crippen LogP contribution in [0.25, 0.3) is 0 Å². The molecule has 2 aromatic carbocycles. The summed E-state index contributed by atoms with van der Waals surface area (Å²) in [6.45, 7) is 4.44. The summed E-state index contributed by atoms with van der Waals surface area (Å²) >= 11 is 0. The predicted molar refractivity (Wildman–Crippen MR) is 101 cm³/mol. The maximum absolute atomic E-state index is 10.4. The Hall–Kier alpha value is -1.96. The zero-order valence-corrected chi connectivity index (χ0v) is 15.1. The van der Waals surface area contributed by atoms with Crippen LogP contribution in [0.3, 0.4) is 0 Å². The summed E-state index contributed by atoms with van der Waals surface area (Å²) in [5.41, 5.74) is 2.50. The van der Waals surface area contributed by atoms with Crippen LogP contribution in [0.2, 0.25) is 0 Å². The predicted octanol–water partition coefficient (Wildman–Crippen LogP) is 6.65. The van der Waals surface area contributed by atoms with E-state index in [1.807, 2.05) is 30.3 Å². The van der Waals surface area contributed by atoms with Gasteiger partial charge in [0.1, 0.15) is 5.75 Å². The first-order valence-corrected chi connectivity index (χ1v) is 9.32. The van der Waals surface area contributed by atoms with E-state index in [1.54, 1.807) is 6.07 Å². The first kappa shape index (κ1) is 18.4. The summed E-state index contributed by atoms with van der Waals surface area (Å²) in [5.74, 6) is 1.66. The molecule has 0 saturated carbocycles. The van der Waals surface area contributed by atoms with Gasteiger partial charge in [-0.05, 0) is 49.4 Å². The van der Waals surface area contributed by atoms with Crippen LogP contribution in [-0.2, 0) is 12.8 Å². The summed E-state index contributed by atoms with van der Waals surface area (Å²) in [6.07, 6.45) is 9.21. The van der Waals surface area contributed by atoms with Crippen LogP contribution in [-0.4, -0.2) is 5.11 Å². The van der Waals surface area contributed by atoms with Crippen molar-refractivity contribution < 1.29 is 9.84 Å². The fourth-order valence-corrected chi connectivity index (χ4v) is 2.98. The molecule has 0 fully saturated rings. The Labute approximate surface area is 146 Å². The minimum atomic E-state index is 0.240. The lowest BCUT2D eigenvalue weighted by Gasteiger charge is -2.17. The second kappa shape index (κ2) is 10.0. The lowest BCUT2D eigenvalue weighted by molar-refractivity contribution is 0.405. The molecule has 0 aliphatic carbocycles. The van der Waals surface area contributed by atoms with Crippen LogP contribution < -0.4 is 4.74 Å². The summed E-state index contributed by atoms with van der Waals surface area (Å²) in [4.78, 5) is 0. The molecule has 0 unspecified atom stereocenters. The van der Waals surface area contributed by atoms with Crippen LogP contribution in [0.4, 0.5) is 0 Å². The van der Waals surface area contributed by atoms with E-state index in [9.17, 15) is 5.11 Å². The lowest BCUT2D eigenvalue weighted by atomic mass is 9.96. The first-order valence-electron chi connectivity index (χ1n) is 9.32. The standard InChI is InChI=1S/C22H30O2/c1-3-5-7-11-15-20-18(12-6-4-2)16-17-21(23)22(20)24-19-13-9-8-10-14-19/h8-10,13-14,16-17,23H,3-7,11-12,15H2,1-2H3. The highest BCUT2D eigenvalue weighted by atomic mass is 16.5. The van der Waals surface area contributed by atoms with Gasteiger partial charge in [0.05, 0.1) is 0 Å². The number of phenolic OH excluding ortho intramolecular Hbond substituents is 1. The summed E-state index contributed by atoms with van der Waals surface area (Å²) in [7, 11) is 0. The van der Waals surface area contributed by atoms with Crippen molar-refractivity contribution in [3.05, 3.63) is 53.6 Å². The van der Waals surface area contributed by atoms with Gasteiger partial charge < -0.3 is 9.84 Å². The SMILES string of the molecule is CCCCCCc1c(CCCC)ccc(O)c1Oc1ccccc1. The molecule has 0 amide bonds. The zero-order valence-electron chi connectivity index (χ0n) is 15.1. The van der Waals surface area contributed by atoms with Crippen molar-refractivity contribution in [1.29, 1.82) is 0 Å². The van der Waals surface area contributed by atoms with Gasteiger partial charge in [-0.25, -0.2) is 0 Å². The topological polar surface area (TPSA) is 29.5 Å². The van der Waals surface area contributed by atoms with Gasteiger partial charge in [0.2, 0.25) is 0 Å². The fourth-order valence-electron chi connectivity index (χ4n) is 2.98. The number of rotatable bonds is 10. The molecule has 0 aliphatic heterocycles. The van der Waals surface area contributed by atoms with Gasteiger partial charge in [-0.2, -0.15) is 0 Å². The summed E-state index contributed by atoms with van der Waals surface area (Å²) in [6, 6.07) is 13.6. The van der Waals surface area contributed by atoms with Crippen molar-refractivity contribution in [2.75, 3.05) is 0 Å². The molecule has 0 atom stereocenters. The summed E-state index contributed by atoms with van der Waals surface area (Å²) in [5, 5.41) is 10.4. The minimum Gasteiger partial charge on any atom is -0.504 e. The maximum atomic E-state index is 10.4. The van der Waals surface area contributed by atoms with Crippen molar-refractivity contribution in [1.82, 2.24) is 0 Å². The number of para-hydroxylation sites is 1. The molecule has 0 saturated heterocycles. The van der Waals surface area contributed by atoms with Crippen LogP contribution in [0.1, 0.15) is 63.5 Å². The van der Waals surface area contributed by atoms with Crippen LogP contribution in [0.5, 0.6) is 17.2 Å². The normalized spacial score (nSPS) is 10.8. The zero-order chi connectivity index (χ0) is 17.2. The molecular weight excluding hydrogens is 296 g/mol. The Bertz CT molecular complexity index is 605. The molecule has 2 heteroatoms. The molecule has 130 valence electrons. The van der Waals surface area contributed by atoms with E-state index in [-0.39, 0.29) is 5.75 Å². The smallest absolute Gasteiger partial charge is 0.172 e. The summed E-state index contributed by atoms with van der Waals surface area (Å²) < 4.78 is 6.07. The monoisotopic (exact) mass is 326 g/mol. The van der Waals surface area contributed by atoms with Crippen molar-refractivity contribution in [3.63, 3.8) is 0 Å². The van der Waals surface area contributed by atoms with Gasteiger partial charge in [0.15, 0.2) is 11.5 Å². The molecule has 0 aromatic heterocycles. The van der Waals surface area contributed by atoms with Gasteiger partial charge in [0, 0.05) is 5.56 Å². The average Bonchev–Trinajstić information content (AvgIpc) is 2.61. The van der Waals surface area contributed by atoms with Crippen LogP contribution in [0, 0.1) is 0 Å². The highest BCUT2D eigenvalue weighted by molar-refractivity contribution is 5.52. The van der Waals surface area contributed by atoms with E-state index in [2.05, 4.69) is 19.9 Å². The number of aromatic hydroxyl groups is 1. The van der Waals surface area contributed by atoms with Crippen LogP contribution >= 0.6 is 0 Å². The average molecular weight is 326 g/mol. The Morgan fingerprint density at radius 3 is 2.25 bits per heavy atom.